The number of nitrogens with zero attached hydrogens (tertiary/aromatic N) is 1. The van der Waals surface area contributed by atoms with E-state index in [0.717, 1.165) is 18.7 Å². The summed E-state index contributed by atoms with van der Waals surface area (Å²) in [4.78, 5) is 12.4. The second-order valence-electron chi connectivity index (χ2n) is 5.97. The lowest BCUT2D eigenvalue weighted by molar-refractivity contribution is -0.117. The maximum absolute atomic E-state index is 12.9. The van der Waals surface area contributed by atoms with Crippen LogP contribution in [-0.4, -0.2) is 56.0 Å². The molecule has 0 saturated carbocycles. The molecule has 2 N–H and O–H groups in total. The van der Waals surface area contributed by atoms with Gasteiger partial charge in [-0.25, -0.2) is 8.42 Å². The molecule has 0 spiro atoms. The summed E-state index contributed by atoms with van der Waals surface area (Å²) >= 11 is 1.66. The number of nitrogens with one attached hydrogen (secondary N) is 2. The van der Waals surface area contributed by atoms with Crippen molar-refractivity contribution in [2.24, 2.45) is 0 Å². The summed E-state index contributed by atoms with van der Waals surface area (Å²) in [6.45, 7) is 3.23. The molecule has 3 rings (SSSR count). The molecule has 1 atom stereocenters. The van der Waals surface area contributed by atoms with Crippen molar-refractivity contribution in [2.45, 2.75) is 30.7 Å². The number of thioether (sulfide) groups is 1. The van der Waals surface area contributed by atoms with Crippen LogP contribution < -0.4 is 15.4 Å². The van der Waals surface area contributed by atoms with E-state index < -0.39 is 10.0 Å². The lowest BCUT2D eigenvalue weighted by Gasteiger charge is -2.19. The molecule has 1 amide bonds. The van der Waals surface area contributed by atoms with Gasteiger partial charge >= 0.3 is 0 Å². The van der Waals surface area contributed by atoms with E-state index in [4.69, 9.17) is 4.74 Å². The zero-order valence-electron chi connectivity index (χ0n) is 14.6. The van der Waals surface area contributed by atoms with E-state index in [1.54, 1.807) is 23.9 Å². The molecule has 0 aromatic heterocycles. The number of benzene rings is 1. The molecule has 0 bridgehead atoms. The Hall–Kier alpha value is -1.00. The zero-order chi connectivity index (χ0) is 17.9. The fourth-order valence-corrected chi connectivity index (χ4v) is 5.54. The Bertz CT molecular complexity index is 733. The molecule has 0 radical (unpaired) electrons. The third kappa shape index (κ3) is 4.64. The molecule has 1 aromatic rings. The fraction of sp³-hybridized carbons (Fsp3) is 0.562. The summed E-state index contributed by atoms with van der Waals surface area (Å²) in [5, 5.41) is 5.90. The van der Waals surface area contributed by atoms with Crippen LogP contribution in [0.4, 0.5) is 5.69 Å². The minimum Gasteiger partial charge on any atom is -0.492 e. The van der Waals surface area contributed by atoms with Gasteiger partial charge in [-0.05, 0) is 38.0 Å². The minimum atomic E-state index is -3.63. The molecule has 2 aliphatic heterocycles. The maximum Gasteiger partial charge on any atom is 0.246 e. The average molecular weight is 422 g/mol. The maximum atomic E-state index is 12.9. The highest BCUT2D eigenvalue weighted by Crippen LogP contribution is 2.31. The first kappa shape index (κ1) is 21.3. The number of hydrogen-bond donors (Lipinski definition) is 2. The van der Waals surface area contributed by atoms with Crippen LogP contribution in [0.3, 0.4) is 0 Å². The Labute approximate surface area is 164 Å². The summed E-state index contributed by atoms with van der Waals surface area (Å²) in [6, 6.07) is 4.53. The van der Waals surface area contributed by atoms with E-state index in [1.807, 2.05) is 6.92 Å². The highest BCUT2D eigenvalue weighted by molar-refractivity contribution is 7.99. The SMILES string of the molecule is CCOc1ccc(NC(=O)C2CSCN2)cc1S(=O)(=O)N1CCCC1.Cl. The molecule has 7 nitrogen and oxygen atoms in total. The van der Waals surface area contributed by atoms with Crippen molar-refractivity contribution in [1.82, 2.24) is 9.62 Å². The highest BCUT2D eigenvalue weighted by Gasteiger charge is 2.31. The van der Waals surface area contributed by atoms with Crippen LogP contribution >= 0.6 is 24.2 Å². The third-order valence-electron chi connectivity index (χ3n) is 4.23. The van der Waals surface area contributed by atoms with Gasteiger partial charge in [0.05, 0.1) is 12.6 Å². The van der Waals surface area contributed by atoms with Gasteiger partial charge in [0.15, 0.2) is 0 Å². The molecule has 26 heavy (non-hydrogen) atoms. The number of hydrogen-bond acceptors (Lipinski definition) is 6. The number of rotatable bonds is 6. The molecule has 10 heteroatoms. The molecular weight excluding hydrogens is 398 g/mol. The molecule has 0 aliphatic carbocycles. The predicted octanol–water partition coefficient (Wildman–Crippen LogP) is 1.89. The van der Waals surface area contributed by atoms with Crippen LogP contribution in [-0.2, 0) is 14.8 Å². The standard InChI is InChI=1S/C16H23N3O4S2.ClH/c1-2-23-14-6-5-12(18-16(20)13-10-24-11-17-13)9-15(14)25(21,22)19-7-3-4-8-19;/h5-6,9,13,17H,2-4,7-8,10-11H2,1H3,(H,18,20);1H. The first-order valence-corrected chi connectivity index (χ1v) is 11.0. The van der Waals surface area contributed by atoms with E-state index in [9.17, 15) is 13.2 Å². The van der Waals surface area contributed by atoms with Crippen molar-refractivity contribution in [3.05, 3.63) is 18.2 Å². The van der Waals surface area contributed by atoms with Crippen LogP contribution in [0.5, 0.6) is 5.75 Å². The van der Waals surface area contributed by atoms with E-state index in [-0.39, 0.29) is 29.3 Å². The molecular formula is C16H24ClN3O4S2. The van der Waals surface area contributed by atoms with Crippen LogP contribution in [0.25, 0.3) is 0 Å². The van der Waals surface area contributed by atoms with Crippen LogP contribution in [0.15, 0.2) is 23.1 Å². The number of carbonyl (C=O) groups excluding carboxylic acids is 1. The van der Waals surface area contributed by atoms with E-state index in [0.29, 0.717) is 36.9 Å². The number of halogens is 1. The number of ether oxygens (including phenoxy) is 1. The normalized spacial score (nSPS) is 20.6. The fourth-order valence-electron chi connectivity index (χ4n) is 2.92. The number of carbonyl (C=O) groups is 1. The minimum absolute atomic E-state index is 0. The van der Waals surface area contributed by atoms with Crippen molar-refractivity contribution < 1.29 is 17.9 Å². The zero-order valence-corrected chi connectivity index (χ0v) is 17.0. The molecule has 2 heterocycles. The first-order valence-electron chi connectivity index (χ1n) is 8.41. The summed E-state index contributed by atoms with van der Waals surface area (Å²) in [6.07, 6.45) is 1.73. The quantitative estimate of drug-likeness (QED) is 0.729. The van der Waals surface area contributed by atoms with Gasteiger partial charge in [0, 0.05) is 30.4 Å². The Morgan fingerprint density at radius 1 is 1.38 bits per heavy atom. The van der Waals surface area contributed by atoms with Gasteiger partial charge in [0.2, 0.25) is 15.9 Å². The van der Waals surface area contributed by atoms with E-state index in [2.05, 4.69) is 10.6 Å². The topological polar surface area (TPSA) is 87.7 Å². The van der Waals surface area contributed by atoms with Crippen molar-refractivity contribution in [3.63, 3.8) is 0 Å². The number of amides is 1. The van der Waals surface area contributed by atoms with Crippen LogP contribution in [0.1, 0.15) is 19.8 Å². The van der Waals surface area contributed by atoms with Crippen LogP contribution in [0.2, 0.25) is 0 Å². The molecule has 2 aliphatic rings. The molecule has 1 unspecified atom stereocenters. The predicted molar refractivity (Wildman–Crippen MR) is 106 cm³/mol. The molecule has 146 valence electrons. The first-order chi connectivity index (χ1) is 12.0. The summed E-state index contributed by atoms with van der Waals surface area (Å²) < 4.78 is 32.9. The Balaban J connectivity index is 0.00000243. The van der Waals surface area contributed by atoms with Gasteiger partial charge in [0.25, 0.3) is 0 Å². The molecule has 1 aromatic carbocycles. The number of anilines is 1. The monoisotopic (exact) mass is 421 g/mol. The Kier molecular flexibility index (Phi) is 7.60. The Morgan fingerprint density at radius 3 is 2.73 bits per heavy atom. The van der Waals surface area contributed by atoms with E-state index in [1.165, 1.54) is 10.4 Å². The van der Waals surface area contributed by atoms with Crippen molar-refractivity contribution in [2.75, 3.05) is 36.6 Å². The Morgan fingerprint density at radius 2 is 2.12 bits per heavy atom. The summed E-state index contributed by atoms with van der Waals surface area (Å²) in [7, 11) is -3.63. The van der Waals surface area contributed by atoms with Crippen LogP contribution in [0, 0.1) is 0 Å². The molecule has 2 saturated heterocycles. The average Bonchev–Trinajstić information content (AvgIpc) is 3.30. The second kappa shape index (κ2) is 9.27. The second-order valence-corrected chi connectivity index (χ2v) is 8.90. The van der Waals surface area contributed by atoms with Crippen molar-refractivity contribution in [3.8, 4) is 5.75 Å². The van der Waals surface area contributed by atoms with Gasteiger partial charge in [-0.3, -0.25) is 10.1 Å². The lowest BCUT2D eigenvalue weighted by Crippen LogP contribution is -2.37. The highest BCUT2D eigenvalue weighted by atomic mass is 35.5. The number of sulfonamides is 1. The largest absolute Gasteiger partial charge is 0.492 e. The summed E-state index contributed by atoms with van der Waals surface area (Å²) in [5.41, 5.74) is 0.463. The summed E-state index contributed by atoms with van der Waals surface area (Å²) in [5.74, 6) is 1.62. The smallest absolute Gasteiger partial charge is 0.246 e. The molecule has 2 fully saturated rings. The third-order valence-corrected chi connectivity index (χ3v) is 7.09. The van der Waals surface area contributed by atoms with Gasteiger partial charge < -0.3 is 10.1 Å². The lowest BCUT2D eigenvalue weighted by atomic mass is 10.2. The van der Waals surface area contributed by atoms with E-state index >= 15 is 0 Å². The van der Waals surface area contributed by atoms with Gasteiger partial charge in [-0.15, -0.1) is 24.2 Å². The van der Waals surface area contributed by atoms with Crippen molar-refractivity contribution in [1.29, 1.82) is 0 Å². The van der Waals surface area contributed by atoms with Crippen molar-refractivity contribution >= 4 is 45.8 Å². The van der Waals surface area contributed by atoms with Gasteiger partial charge in [-0.1, -0.05) is 0 Å². The van der Waals surface area contributed by atoms with Gasteiger partial charge in [-0.2, -0.15) is 4.31 Å². The van der Waals surface area contributed by atoms with Gasteiger partial charge in [0.1, 0.15) is 10.6 Å².